The average Bonchev–Trinajstić information content (AvgIpc) is 2.83. The Hall–Kier alpha value is -1.02. The van der Waals surface area contributed by atoms with E-state index in [1.54, 1.807) is 0 Å². The van der Waals surface area contributed by atoms with Crippen molar-refractivity contribution in [3.05, 3.63) is 29.3 Å². The largest absolute Gasteiger partial charge is 0.490 e. The van der Waals surface area contributed by atoms with Crippen LogP contribution in [0.15, 0.2) is 18.2 Å². The van der Waals surface area contributed by atoms with E-state index in [4.69, 9.17) is 10.5 Å². The van der Waals surface area contributed by atoms with Crippen LogP contribution in [0.2, 0.25) is 0 Å². The number of hydrogen-bond donors (Lipinski definition) is 1. The summed E-state index contributed by atoms with van der Waals surface area (Å²) >= 11 is 0. The van der Waals surface area contributed by atoms with Crippen LogP contribution >= 0.6 is 0 Å². The molecule has 1 aromatic carbocycles. The van der Waals surface area contributed by atoms with E-state index in [-0.39, 0.29) is 6.04 Å². The lowest BCUT2D eigenvalue weighted by Gasteiger charge is -2.34. The van der Waals surface area contributed by atoms with Gasteiger partial charge in [-0.1, -0.05) is 30.5 Å². The number of hydrogen-bond acceptors (Lipinski definition) is 2. The minimum atomic E-state index is 0.157. The van der Waals surface area contributed by atoms with Crippen LogP contribution < -0.4 is 10.5 Å². The van der Waals surface area contributed by atoms with Crippen LogP contribution in [0.4, 0.5) is 0 Å². The molecule has 1 aliphatic heterocycles. The maximum Gasteiger partial charge on any atom is 0.124 e. The molecule has 2 atom stereocenters. The molecule has 0 amide bonds. The molecule has 1 heterocycles. The molecule has 92 valence electrons. The predicted molar refractivity (Wildman–Crippen MR) is 69.1 cm³/mol. The van der Waals surface area contributed by atoms with Gasteiger partial charge in [0.2, 0.25) is 0 Å². The Morgan fingerprint density at radius 1 is 1.24 bits per heavy atom. The summed E-state index contributed by atoms with van der Waals surface area (Å²) < 4.78 is 6.16. The molecule has 1 aliphatic carbocycles. The molecule has 1 unspecified atom stereocenters. The van der Waals surface area contributed by atoms with Gasteiger partial charge < -0.3 is 10.5 Å². The Labute approximate surface area is 103 Å². The molecular weight excluding hydrogens is 210 g/mol. The minimum Gasteiger partial charge on any atom is -0.490 e. The van der Waals surface area contributed by atoms with E-state index in [2.05, 4.69) is 25.1 Å². The van der Waals surface area contributed by atoms with E-state index >= 15 is 0 Å². The highest BCUT2D eigenvalue weighted by molar-refractivity contribution is 5.40. The first-order chi connectivity index (χ1) is 8.24. The predicted octanol–water partition coefficient (Wildman–Crippen LogP) is 3.34. The van der Waals surface area contributed by atoms with Crippen molar-refractivity contribution in [2.45, 2.75) is 51.2 Å². The third-order valence-corrected chi connectivity index (χ3v) is 4.25. The molecule has 0 bridgehead atoms. The van der Waals surface area contributed by atoms with Gasteiger partial charge >= 0.3 is 0 Å². The molecule has 1 saturated carbocycles. The summed E-state index contributed by atoms with van der Waals surface area (Å²) in [5.41, 5.74) is 8.75. The maximum atomic E-state index is 6.29. The first-order valence-electron chi connectivity index (χ1n) is 6.77. The Morgan fingerprint density at radius 2 is 2.00 bits per heavy atom. The van der Waals surface area contributed by atoms with Gasteiger partial charge in [0.05, 0.1) is 0 Å². The van der Waals surface area contributed by atoms with Crippen molar-refractivity contribution in [3.63, 3.8) is 0 Å². The number of nitrogens with two attached hydrogens (primary N) is 1. The van der Waals surface area contributed by atoms with Crippen molar-refractivity contribution in [3.8, 4) is 5.75 Å². The normalized spacial score (nSPS) is 28.8. The average molecular weight is 231 g/mol. The molecule has 0 radical (unpaired) electrons. The maximum absolute atomic E-state index is 6.29. The lowest BCUT2D eigenvalue weighted by Crippen LogP contribution is -2.34. The second-order valence-corrected chi connectivity index (χ2v) is 5.58. The summed E-state index contributed by atoms with van der Waals surface area (Å²) in [5, 5.41) is 0. The van der Waals surface area contributed by atoms with E-state index in [1.165, 1.54) is 36.8 Å². The number of ether oxygens (including phenoxy) is 1. The minimum absolute atomic E-state index is 0.157. The molecule has 3 rings (SSSR count). The lowest BCUT2D eigenvalue weighted by molar-refractivity contribution is 0.102. The van der Waals surface area contributed by atoms with Gasteiger partial charge in [0, 0.05) is 18.0 Å². The van der Waals surface area contributed by atoms with Crippen molar-refractivity contribution in [2.24, 2.45) is 11.7 Å². The molecule has 0 aromatic heterocycles. The molecule has 2 N–H and O–H groups in total. The standard InChI is InChI=1S/C15H21NO/c1-10-6-7-14-12(8-10)13(16)9-15(17-14)11-4-2-3-5-11/h6-8,11,13,15H,2-5,9,16H2,1H3/t13-,15?/m0/s1. The molecule has 0 spiro atoms. The molecule has 2 heteroatoms. The number of rotatable bonds is 1. The van der Waals surface area contributed by atoms with Crippen molar-refractivity contribution in [2.75, 3.05) is 0 Å². The smallest absolute Gasteiger partial charge is 0.124 e. The van der Waals surface area contributed by atoms with Crippen LogP contribution in [-0.2, 0) is 0 Å². The van der Waals surface area contributed by atoms with Gasteiger partial charge in [0.25, 0.3) is 0 Å². The summed E-state index contributed by atoms with van der Waals surface area (Å²) in [6.45, 7) is 2.11. The quantitative estimate of drug-likeness (QED) is 0.804. The number of aryl methyl sites for hydroxylation is 1. The summed E-state index contributed by atoms with van der Waals surface area (Å²) in [7, 11) is 0. The molecule has 1 fully saturated rings. The van der Waals surface area contributed by atoms with Crippen molar-refractivity contribution < 1.29 is 4.74 Å². The van der Waals surface area contributed by atoms with E-state index in [1.807, 2.05) is 0 Å². The number of benzene rings is 1. The zero-order valence-electron chi connectivity index (χ0n) is 10.5. The fraction of sp³-hybridized carbons (Fsp3) is 0.600. The van der Waals surface area contributed by atoms with Gasteiger partial charge in [-0.25, -0.2) is 0 Å². The SMILES string of the molecule is Cc1ccc2c(c1)[C@@H](N)CC(C1CCCC1)O2. The third kappa shape index (κ3) is 2.06. The van der Waals surface area contributed by atoms with Crippen LogP contribution in [0, 0.1) is 12.8 Å². The third-order valence-electron chi connectivity index (χ3n) is 4.25. The van der Waals surface area contributed by atoms with Crippen molar-refractivity contribution in [1.29, 1.82) is 0 Å². The Bertz CT molecular complexity index is 409. The van der Waals surface area contributed by atoms with Gasteiger partial charge in [-0.05, 0) is 31.7 Å². The molecule has 0 saturated heterocycles. The van der Waals surface area contributed by atoms with Gasteiger partial charge in [-0.3, -0.25) is 0 Å². The first-order valence-corrected chi connectivity index (χ1v) is 6.77. The fourth-order valence-corrected chi connectivity index (χ4v) is 3.27. The van der Waals surface area contributed by atoms with Crippen molar-refractivity contribution in [1.82, 2.24) is 0 Å². The topological polar surface area (TPSA) is 35.2 Å². The van der Waals surface area contributed by atoms with Crippen LogP contribution in [0.3, 0.4) is 0 Å². The van der Waals surface area contributed by atoms with Crippen LogP contribution in [0.1, 0.15) is 49.3 Å². The Balaban J connectivity index is 1.84. The lowest BCUT2D eigenvalue weighted by atomic mass is 9.89. The Morgan fingerprint density at radius 3 is 2.76 bits per heavy atom. The summed E-state index contributed by atoms with van der Waals surface area (Å²) in [5.74, 6) is 1.75. The van der Waals surface area contributed by atoms with Gasteiger partial charge in [0.1, 0.15) is 11.9 Å². The highest BCUT2D eigenvalue weighted by Gasteiger charge is 2.33. The fourth-order valence-electron chi connectivity index (χ4n) is 3.27. The summed E-state index contributed by atoms with van der Waals surface area (Å²) in [6.07, 6.45) is 6.70. The Kier molecular flexibility index (Phi) is 2.83. The van der Waals surface area contributed by atoms with Crippen LogP contribution in [0.5, 0.6) is 5.75 Å². The summed E-state index contributed by atoms with van der Waals surface area (Å²) in [6, 6.07) is 6.53. The van der Waals surface area contributed by atoms with E-state index < -0.39 is 0 Å². The first kappa shape index (κ1) is 11.1. The van der Waals surface area contributed by atoms with Gasteiger partial charge in [0.15, 0.2) is 0 Å². The molecule has 2 nitrogen and oxygen atoms in total. The molecule has 17 heavy (non-hydrogen) atoms. The zero-order valence-corrected chi connectivity index (χ0v) is 10.5. The summed E-state index contributed by atoms with van der Waals surface area (Å²) in [4.78, 5) is 0. The number of fused-ring (bicyclic) bond motifs is 1. The second kappa shape index (κ2) is 4.34. The van der Waals surface area contributed by atoms with E-state index in [9.17, 15) is 0 Å². The van der Waals surface area contributed by atoms with Gasteiger partial charge in [-0.2, -0.15) is 0 Å². The van der Waals surface area contributed by atoms with Crippen LogP contribution in [0.25, 0.3) is 0 Å². The zero-order chi connectivity index (χ0) is 11.8. The monoisotopic (exact) mass is 231 g/mol. The van der Waals surface area contributed by atoms with E-state index in [0.29, 0.717) is 6.10 Å². The van der Waals surface area contributed by atoms with Gasteiger partial charge in [-0.15, -0.1) is 0 Å². The highest BCUT2D eigenvalue weighted by Crippen LogP contribution is 2.40. The van der Waals surface area contributed by atoms with Crippen LogP contribution in [-0.4, -0.2) is 6.10 Å². The highest BCUT2D eigenvalue weighted by atomic mass is 16.5. The molecule has 1 aromatic rings. The molecular formula is C15H21NO. The van der Waals surface area contributed by atoms with Crippen molar-refractivity contribution >= 4 is 0 Å². The van der Waals surface area contributed by atoms with E-state index in [0.717, 1.165) is 18.1 Å². The molecule has 2 aliphatic rings. The second-order valence-electron chi connectivity index (χ2n) is 5.58.